The fourth-order valence-electron chi connectivity index (χ4n) is 3.02. The van der Waals surface area contributed by atoms with Crippen molar-refractivity contribution in [1.82, 2.24) is 15.0 Å². The van der Waals surface area contributed by atoms with E-state index in [2.05, 4.69) is 21.1 Å². The fraction of sp³-hybridized carbons (Fsp3) is 0.263. The van der Waals surface area contributed by atoms with Crippen LogP contribution in [-0.4, -0.2) is 26.6 Å². The molecule has 25 heavy (non-hydrogen) atoms. The minimum absolute atomic E-state index is 0.0378. The Bertz CT molecular complexity index is 949. The van der Waals surface area contributed by atoms with Gasteiger partial charge in [0.25, 0.3) is 0 Å². The average molecular weight is 350 g/mol. The number of carbonyl (C=O) groups excluding carboxylic acids is 1. The highest BCUT2D eigenvalue weighted by atomic mass is 32.1. The van der Waals surface area contributed by atoms with Gasteiger partial charge in [0, 0.05) is 24.7 Å². The van der Waals surface area contributed by atoms with Gasteiger partial charge < -0.3 is 0 Å². The number of hydrogen-bond donors (Lipinski definition) is 0. The van der Waals surface area contributed by atoms with E-state index < -0.39 is 0 Å². The van der Waals surface area contributed by atoms with Gasteiger partial charge in [0.15, 0.2) is 0 Å². The Hall–Kier alpha value is -2.60. The number of fused-ring (bicyclic) bond motifs is 1. The molecule has 0 radical (unpaired) electrons. The van der Waals surface area contributed by atoms with E-state index in [4.69, 9.17) is 0 Å². The van der Waals surface area contributed by atoms with E-state index in [9.17, 15) is 4.79 Å². The molecule has 126 valence electrons. The lowest BCUT2D eigenvalue weighted by molar-refractivity contribution is -0.136. The predicted molar refractivity (Wildman–Crippen MR) is 99.4 cm³/mol. The molecular weight excluding hydrogens is 332 g/mol. The molecule has 4 rings (SSSR count). The summed E-state index contributed by atoms with van der Waals surface area (Å²) in [7, 11) is 0. The minimum atomic E-state index is -0.103. The number of carbonyl (C=O) groups is 1. The highest BCUT2D eigenvalue weighted by molar-refractivity contribution is 7.12. The van der Waals surface area contributed by atoms with Crippen LogP contribution in [0.1, 0.15) is 36.8 Å². The van der Waals surface area contributed by atoms with Gasteiger partial charge in [0.1, 0.15) is 0 Å². The molecule has 1 aliphatic rings. The van der Waals surface area contributed by atoms with Crippen LogP contribution < -0.4 is 0 Å². The third-order valence-electron chi connectivity index (χ3n) is 4.31. The van der Waals surface area contributed by atoms with Crippen molar-refractivity contribution in [2.45, 2.75) is 26.3 Å². The van der Waals surface area contributed by atoms with E-state index in [0.29, 0.717) is 6.42 Å². The van der Waals surface area contributed by atoms with E-state index >= 15 is 0 Å². The van der Waals surface area contributed by atoms with Gasteiger partial charge in [-0.05, 0) is 29.1 Å². The Morgan fingerprint density at radius 1 is 1.20 bits per heavy atom. The molecular formula is C19H18N4OS. The SMILES string of the molecule is CC(C)C(=O)N1N=C(c2cccs2)C[C@H]1c1ccc2nccnc2c1. The Morgan fingerprint density at radius 2 is 2.00 bits per heavy atom. The molecule has 1 atom stereocenters. The Kier molecular flexibility index (Phi) is 4.05. The quantitative estimate of drug-likeness (QED) is 0.717. The van der Waals surface area contributed by atoms with E-state index in [1.54, 1.807) is 28.7 Å². The summed E-state index contributed by atoms with van der Waals surface area (Å²) in [6, 6.07) is 9.96. The van der Waals surface area contributed by atoms with Gasteiger partial charge in [0.2, 0.25) is 5.91 Å². The van der Waals surface area contributed by atoms with Gasteiger partial charge in [-0.2, -0.15) is 5.10 Å². The summed E-state index contributed by atoms with van der Waals surface area (Å²) in [4.78, 5) is 22.5. The number of hydrogen-bond acceptors (Lipinski definition) is 5. The van der Waals surface area contributed by atoms with Crippen molar-refractivity contribution in [2.24, 2.45) is 11.0 Å². The first-order valence-corrected chi connectivity index (χ1v) is 9.16. The number of amides is 1. The topological polar surface area (TPSA) is 58.5 Å². The van der Waals surface area contributed by atoms with Crippen LogP contribution in [0.25, 0.3) is 11.0 Å². The smallest absolute Gasteiger partial charge is 0.245 e. The summed E-state index contributed by atoms with van der Waals surface area (Å²) in [5.41, 5.74) is 3.69. The van der Waals surface area contributed by atoms with Crippen LogP contribution in [0.15, 0.2) is 53.2 Å². The molecule has 1 aliphatic heterocycles. The van der Waals surface area contributed by atoms with E-state index in [1.165, 1.54) is 0 Å². The fourth-order valence-corrected chi connectivity index (χ4v) is 3.74. The molecule has 0 saturated heterocycles. The van der Waals surface area contributed by atoms with Crippen LogP contribution in [0.5, 0.6) is 0 Å². The number of benzene rings is 1. The maximum absolute atomic E-state index is 12.7. The molecule has 0 fully saturated rings. The van der Waals surface area contributed by atoms with E-state index in [1.807, 2.05) is 43.5 Å². The second-order valence-corrected chi connectivity index (χ2v) is 7.33. The first-order chi connectivity index (χ1) is 12.1. The van der Waals surface area contributed by atoms with Gasteiger partial charge in [-0.1, -0.05) is 26.0 Å². The molecule has 3 aromatic rings. The normalized spacial score (nSPS) is 17.3. The van der Waals surface area contributed by atoms with Gasteiger partial charge in [-0.25, -0.2) is 5.01 Å². The van der Waals surface area contributed by atoms with Gasteiger partial charge in [-0.3, -0.25) is 14.8 Å². The number of aromatic nitrogens is 2. The van der Waals surface area contributed by atoms with Crippen LogP contribution in [0.4, 0.5) is 0 Å². The first kappa shape index (κ1) is 15.9. The van der Waals surface area contributed by atoms with Crippen molar-refractivity contribution in [3.05, 3.63) is 58.5 Å². The lowest BCUT2D eigenvalue weighted by atomic mass is 9.99. The van der Waals surface area contributed by atoms with Gasteiger partial charge in [-0.15, -0.1) is 11.3 Å². The molecule has 0 N–H and O–H groups in total. The maximum atomic E-state index is 12.7. The summed E-state index contributed by atoms with van der Waals surface area (Å²) < 4.78 is 0. The Balaban J connectivity index is 1.74. The lowest BCUT2D eigenvalue weighted by Gasteiger charge is -2.23. The number of rotatable bonds is 3. The number of thiophene rings is 1. The minimum Gasteiger partial charge on any atom is -0.273 e. The Labute approximate surface area is 150 Å². The molecule has 0 spiro atoms. The molecule has 0 bridgehead atoms. The van der Waals surface area contributed by atoms with Crippen LogP contribution in [0, 0.1) is 5.92 Å². The third-order valence-corrected chi connectivity index (χ3v) is 5.23. The zero-order valence-corrected chi connectivity index (χ0v) is 14.9. The largest absolute Gasteiger partial charge is 0.273 e. The van der Waals surface area contributed by atoms with Crippen molar-refractivity contribution in [2.75, 3.05) is 0 Å². The molecule has 2 aromatic heterocycles. The number of nitrogens with zero attached hydrogens (tertiary/aromatic N) is 4. The average Bonchev–Trinajstić information content (AvgIpc) is 3.30. The second-order valence-electron chi connectivity index (χ2n) is 6.39. The zero-order chi connectivity index (χ0) is 17.4. The van der Waals surface area contributed by atoms with Crippen LogP contribution >= 0.6 is 11.3 Å². The summed E-state index contributed by atoms with van der Waals surface area (Å²) in [5.74, 6) is -0.0648. The summed E-state index contributed by atoms with van der Waals surface area (Å²) in [5, 5.41) is 8.35. The van der Waals surface area contributed by atoms with Crippen LogP contribution in [-0.2, 0) is 4.79 Å². The summed E-state index contributed by atoms with van der Waals surface area (Å²) in [6.45, 7) is 3.81. The van der Waals surface area contributed by atoms with Crippen LogP contribution in [0.2, 0.25) is 0 Å². The van der Waals surface area contributed by atoms with Crippen molar-refractivity contribution in [1.29, 1.82) is 0 Å². The highest BCUT2D eigenvalue weighted by Gasteiger charge is 2.34. The monoisotopic (exact) mass is 350 g/mol. The molecule has 5 nitrogen and oxygen atoms in total. The molecule has 1 aromatic carbocycles. The zero-order valence-electron chi connectivity index (χ0n) is 14.1. The van der Waals surface area contributed by atoms with E-state index in [-0.39, 0.29) is 17.9 Å². The molecule has 0 unspecified atom stereocenters. The predicted octanol–water partition coefficient (Wildman–Crippen LogP) is 4.03. The van der Waals surface area contributed by atoms with E-state index in [0.717, 1.165) is 27.2 Å². The van der Waals surface area contributed by atoms with Crippen molar-refractivity contribution in [3.63, 3.8) is 0 Å². The highest BCUT2D eigenvalue weighted by Crippen LogP contribution is 2.35. The van der Waals surface area contributed by atoms with Gasteiger partial charge >= 0.3 is 0 Å². The maximum Gasteiger partial charge on any atom is 0.245 e. The second kappa shape index (κ2) is 6.37. The molecule has 3 heterocycles. The standard InChI is InChI=1S/C19H18N4OS/c1-12(2)19(24)23-17(11-16(22-23)18-4-3-9-25-18)13-5-6-14-15(10-13)21-8-7-20-14/h3-10,12,17H,11H2,1-2H3/t17-/m0/s1. The molecule has 0 saturated carbocycles. The Morgan fingerprint density at radius 3 is 2.72 bits per heavy atom. The lowest BCUT2D eigenvalue weighted by Crippen LogP contribution is -2.30. The summed E-state index contributed by atoms with van der Waals surface area (Å²) in [6.07, 6.45) is 4.08. The first-order valence-electron chi connectivity index (χ1n) is 8.28. The van der Waals surface area contributed by atoms with Crippen molar-refractivity contribution < 1.29 is 4.79 Å². The molecule has 0 aliphatic carbocycles. The van der Waals surface area contributed by atoms with Gasteiger partial charge in [0.05, 0.1) is 27.7 Å². The van der Waals surface area contributed by atoms with Crippen LogP contribution in [0.3, 0.4) is 0 Å². The van der Waals surface area contributed by atoms with Crippen molar-refractivity contribution >= 4 is 34.0 Å². The summed E-state index contributed by atoms with van der Waals surface area (Å²) >= 11 is 1.65. The third kappa shape index (κ3) is 2.93. The molecule has 6 heteroatoms. The number of hydrazone groups is 1. The molecule has 1 amide bonds. The van der Waals surface area contributed by atoms with Crippen molar-refractivity contribution in [3.8, 4) is 0 Å².